The molecule has 0 spiro atoms. The van der Waals surface area contributed by atoms with Crippen molar-refractivity contribution in [2.24, 2.45) is 0 Å². The van der Waals surface area contributed by atoms with Crippen LogP contribution in [0, 0.1) is 0 Å². The summed E-state index contributed by atoms with van der Waals surface area (Å²) in [6, 6.07) is 0. The Balaban J connectivity index is 3.11. The van der Waals surface area contributed by atoms with Gasteiger partial charge >= 0.3 is 0 Å². The molecule has 0 aromatic heterocycles. The molecule has 0 heterocycles. The summed E-state index contributed by atoms with van der Waals surface area (Å²) >= 11 is 0. The molecule has 0 saturated heterocycles. The van der Waals surface area contributed by atoms with Crippen LogP contribution in [0.2, 0.25) is 0 Å². The third-order valence-corrected chi connectivity index (χ3v) is 1.20. The molecule has 0 amide bonds. The molecule has 0 aromatic rings. The quantitative estimate of drug-likeness (QED) is 0.568. The van der Waals surface area contributed by atoms with Gasteiger partial charge in [-0.1, -0.05) is 24.3 Å². The van der Waals surface area contributed by atoms with Crippen LogP contribution in [0.4, 0.5) is 0 Å². The number of allylic oxidation sites excluding steroid dienone is 2. The van der Waals surface area contributed by atoms with E-state index in [0.29, 0.717) is 0 Å². The van der Waals surface area contributed by atoms with E-state index in [1.54, 1.807) is 0 Å². The fourth-order valence-electron chi connectivity index (χ4n) is 0.656. The molecule has 0 rings (SSSR count). The van der Waals surface area contributed by atoms with Crippen molar-refractivity contribution in [2.75, 3.05) is 13.2 Å². The number of hydrogen-bond donors (Lipinski definition) is 2. The first-order chi connectivity index (χ1) is 5.41. The molecule has 0 radical (unpaired) electrons. The Morgan fingerprint density at radius 3 is 1.55 bits per heavy atom. The zero-order chi connectivity index (χ0) is 8.36. The Morgan fingerprint density at radius 1 is 0.727 bits per heavy atom. The topological polar surface area (TPSA) is 40.5 Å². The van der Waals surface area contributed by atoms with Gasteiger partial charge in [-0.3, -0.25) is 0 Å². The largest absolute Gasteiger partial charge is 0.396 e. The molecule has 2 nitrogen and oxygen atoms in total. The van der Waals surface area contributed by atoms with E-state index in [9.17, 15) is 0 Å². The maximum absolute atomic E-state index is 8.40. The molecule has 0 aromatic carbocycles. The molecule has 0 fully saturated rings. The lowest BCUT2D eigenvalue weighted by molar-refractivity contribution is 0.302. The van der Waals surface area contributed by atoms with Crippen molar-refractivity contribution < 1.29 is 10.2 Å². The van der Waals surface area contributed by atoms with E-state index in [4.69, 9.17) is 10.2 Å². The molecule has 2 N–H and O–H groups in total. The molecule has 0 bridgehead atoms. The minimum atomic E-state index is 0.219. The predicted molar refractivity (Wildman–Crippen MR) is 46.3 cm³/mol. The normalized spacial score (nSPS) is 11.8. The Kier molecular flexibility index (Phi) is 8.89. The van der Waals surface area contributed by atoms with Gasteiger partial charge in [0.15, 0.2) is 0 Å². The summed E-state index contributed by atoms with van der Waals surface area (Å²) in [6.45, 7) is 0.438. The summed E-state index contributed by atoms with van der Waals surface area (Å²) in [5, 5.41) is 16.8. The monoisotopic (exact) mass is 156 g/mol. The molecular formula is C9H16O2. The van der Waals surface area contributed by atoms with E-state index in [1.165, 1.54) is 0 Å². The molecule has 0 unspecified atom stereocenters. The van der Waals surface area contributed by atoms with Crippen molar-refractivity contribution >= 4 is 0 Å². The van der Waals surface area contributed by atoms with E-state index in [0.717, 1.165) is 19.3 Å². The lowest BCUT2D eigenvalue weighted by Gasteiger charge is -1.84. The van der Waals surface area contributed by atoms with E-state index >= 15 is 0 Å². The predicted octanol–water partition coefficient (Wildman–Crippen LogP) is 1.25. The average molecular weight is 156 g/mol. The minimum Gasteiger partial charge on any atom is -0.396 e. The Bertz CT molecular complexity index is 103. The van der Waals surface area contributed by atoms with Gasteiger partial charge in [0.1, 0.15) is 0 Å². The highest BCUT2D eigenvalue weighted by Gasteiger charge is 1.74. The highest BCUT2D eigenvalue weighted by molar-refractivity contribution is 4.92. The molecule has 0 atom stereocenters. The van der Waals surface area contributed by atoms with Gasteiger partial charge in [0.2, 0.25) is 0 Å². The molecule has 0 aliphatic rings. The Labute approximate surface area is 67.9 Å². The van der Waals surface area contributed by atoms with Crippen LogP contribution in [0.25, 0.3) is 0 Å². The standard InChI is InChI=1S/C9H16O2/c10-8-6-4-2-1-3-5-7-9-11/h2-5,10-11H,1,6-9H2/b4-2+,5-3+. The molecule has 2 heteroatoms. The summed E-state index contributed by atoms with van der Waals surface area (Å²) in [5.41, 5.74) is 0. The second kappa shape index (κ2) is 9.40. The van der Waals surface area contributed by atoms with Crippen LogP contribution in [0.3, 0.4) is 0 Å². The lowest BCUT2D eigenvalue weighted by atomic mass is 10.3. The molecule has 64 valence electrons. The van der Waals surface area contributed by atoms with E-state index in [1.807, 2.05) is 24.3 Å². The number of hydrogen-bond acceptors (Lipinski definition) is 2. The summed E-state index contributed by atoms with van der Waals surface area (Å²) in [5.74, 6) is 0. The van der Waals surface area contributed by atoms with Gasteiger partial charge in [0, 0.05) is 13.2 Å². The first kappa shape index (κ1) is 10.4. The first-order valence-corrected chi connectivity index (χ1v) is 3.93. The van der Waals surface area contributed by atoms with Crippen LogP contribution >= 0.6 is 0 Å². The Morgan fingerprint density at radius 2 is 1.18 bits per heavy atom. The van der Waals surface area contributed by atoms with Crippen LogP contribution in [0.1, 0.15) is 19.3 Å². The average Bonchev–Trinajstić information content (AvgIpc) is 2.03. The summed E-state index contributed by atoms with van der Waals surface area (Å²) in [4.78, 5) is 0. The van der Waals surface area contributed by atoms with Crippen LogP contribution in [-0.4, -0.2) is 23.4 Å². The molecular weight excluding hydrogens is 140 g/mol. The van der Waals surface area contributed by atoms with Crippen molar-refractivity contribution in [3.05, 3.63) is 24.3 Å². The molecule has 0 aliphatic carbocycles. The van der Waals surface area contributed by atoms with Crippen LogP contribution in [0.5, 0.6) is 0 Å². The van der Waals surface area contributed by atoms with Gasteiger partial charge in [0.25, 0.3) is 0 Å². The summed E-state index contributed by atoms with van der Waals surface area (Å²) < 4.78 is 0. The van der Waals surface area contributed by atoms with Crippen LogP contribution in [0.15, 0.2) is 24.3 Å². The highest BCUT2D eigenvalue weighted by atomic mass is 16.3. The minimum absolute atomic E-state index is 0.219. The Hall–Kier alpha value is -0.600. The first-order valence-electron chi connectivity index (χ1n) is 3.93. The number of aliphatic hydroxyl groups excluding tert-OH is 2. The van der Waals surface area contributed by atoms with Crippen molar-refractivity contribution in [1.82, 2.24) is 0 Å². The van der Waals surface area contributed by atoms with Crippen LogP contribution in [-0.2, 0) is 0 Å². The summed E-state index contributed by atoms with van der Waals surface area (Å²) in [6.07, 6.45) is 10.3. The van der Waals surface area contributed by atoms with E-state index < -0.39 is 0 Å². The zero-order valence-electron chi connectivity index (χ0n) is 6.74. The molecule has 0 aliphatic heterocycles. The second-order valence-electron chi connectivity index (χ2n) is 2.20. The van der Waals surface area contributed by atoms with Crippen molar-refractivity contribution in [3.63, 3.8) is 0 Å². The van der Waals surface area contributed by atoms with Crippen molar-refractivity contribution in [1.29, 1.82) is 0 Å². The molecule has 0 saturated carbocycles. The lowest BCUT2D eigenvalue weighted by Crippen LogP contribution is -1.76. The van der Waals surface area contributed by atoms with Crippen molar-refractivity contribution in [2.45, 2.75) is 19.3 Å². The second-order valence-corrected chi connectivity index (χ2v) is 2.20. The fourth-order valence-corrected chi connectivity index (χ4v) is 0.656. The van der Waals surface area contributed by atoms with Gasteiger partial charge < -0.3 is 10.2 Å². The van der Waals surface area contributed by atoms with E-state index in [-0.39, 0.29) is 13.2 Å². The van der Waals surface area contributed by atoms with Gasteiger partial charge in [-0.25, -0.2) is 0 Å². The highest BCUT2D eigenvalue weighted by Crippen LogP contribution is 1.90. The molecule has 11 heavy (non-hydrogen) atoms. The van der Waals surface area contributed by atoms with Gasteiger partial charge in [-0.2, -0.15) is 0 Å². The number of rotatable bonds is 6. The van der Waals surface area contributed by atoms with Crippen LogP contribution < -0.4 is 0 Å². The SMILES string of the molecule is OCC/C=C/C/C=C/CCO. The maximum Gasteiger partial charge on any atom is 0.0465 e. The van der Waals surface area contributed by atoms with Gasteiger partial charge in [-0.05, 0) is 19.3 Å². The summed E-state index contributed by atoms with van der Waals surface area (Å²) in [7, 11) is 0. The van der Waals surface area contributed by atoms with Crippen molar-refractivity contribution in [3.8, 4) is 0 Å². The van der Waals surface area contributed by atoms with E-state index in [2.05, 4.69) is 0 Å². The fraction of sp³-hybridized carbons (Fsp3) is 0.556. The maximum atomic E-state index is 8.40. The number of aliphatic hydroxyl groups is 2. The van der Waals surface area contributed by atoms with Gasteiger partial charge in [-0.15, -0.1) is 0 Å². The smallest absolute Gasteiger partial charge is 0.0465 e. The van der Waals surface area contributed by atoms with Gasteiger partial charge in [0.05, 0.1) is 0 Å². The third kappa shape index (κ3) is 9.40. The zero-order valence-corrected chi connectivity index (χ0v) is 6.74. The third-order valence-electron chi connectivity index (χ3n) is 1.20.